The maximum Gasteiger partial charge on any atom is 0.222 e. The molecular formula is C15H30N2O2S. The number of nitrogens with zero attached hydrogens (tertiary/aromatic N) is 1. The zero-order valence-corrected chi connectivity index (χ0v) is 13.8. The molecule has 0 saturated carbocycles. The van der Waals surface area contributed by atoms with Crippen molar-refractivity contribution in [3.63, 3.8) is 0 Å². The predicted molar refractivity (Wildman–Crippen MR) is 87.9 cm³/mol. The van der Waals surface area contributed by atoms with Crippen molar-refractivity contribution in [2.75, 3.05) is 26.3 Å². The van der Waals surface area contributed by atoms with Crippen molar-refractivity contribution in [3.8, 4) is 0 Å². The SMILES string of the molecule is CCCCOCCCN(CCC(N)=S)C(=O)CCCC. The standard InChI is InChI=1S/C15H30N2O2S/c1-3-5-8-15(18)17(11-9-14(16)20)10-7-13-19-12-6-4-2/h3-13H2,1-2H3,(H2,16,20). The molecular weight excluding hydrogens is 272 g/mol. The van der Waals surface area contributed by atoms with E-state index in [1.54, 1.807) is 0 Å². The lowest BCUT2D eigenvalue weighted by Crippen LogP contribution is -2.35. The zero-order valence-electron chi connectivity index (χ0n) is 13.0. The second-order valence-electron chi connectivity index (χ2n) is 5.02. The van der Waals surface area contributed by atoms with Crippen LogP contribution in [0.3, 0.4) is 0 Å². The molecule has 0 spiro atoms. The maximum atomic E-state index is 12.1. The summed E-state index contributed by atoms with van der Waals surface area (Å²) in [6.07, 6.45) is 6.31. The molecule has 4 nitrogen and oxygen atoms in total. The van der Waals surface area contributed by atoms with E-state index in [9.17, 15) is 4.79 Å². The highest BCUT2D eigenvalue weighted by Crippen LogP contribution is 2.04. The molecule has 0 saturated heterocycles. The van der Waals surface area contributed by atoms with E-state index >= 15 is 0 Å². The number of ether oxygens (including phenoxy) is 1. The van der Waals surface area contributed by atoms with Crippen LogP contribution in [0.25, 0.3) is 0 Å². The van der Waals surface area contributed by atoms with Gasteiger partial charge in [0.05, 0.1) is 4.99 Å². The summed E-state index contributed by atoms with van der Waals surface area (Å²) in [6.45, 7) is 7.13. The van der Waals surface area contributed by atoms with Crippen LogP contribution in [0.5, 0.6) is 0 Å². The molecule has 20 heavy (non-hydrogen) atoms. The summed E-state index contributed by atoms with van der Waals surface area (Å²) in [5.41, 5.74) is 5.52. The average molecular weight is 302 g/mol. The molecule has 0 bridgehead atoms. The summed E-state index contributed by atoms with van der Waals surface area (Å²) in [6, 6.07) is 0. The van der Waals surface area contributed by atoms with Crippen molar-refractivity contribution in [2.24, 2.45) is 5.73 Å². The van der Waals surface area contributed by atoms with Crippen molar-refractivity contribution < 1.29 is 9.53 Å². The van der Waals surface area contributed by atoms with Crippen LogP contribution in [-0.2, 0) is 9.53 Å². The molecule has 1 amide bonds. The lowest BCUT2D eigenvalue weighted by Gasteiger charge is -2.22. The first kappa shape index (κ1) is 19.3. The van der Waals surface area contributed by atoms with Gasteiger partial charge in [0.2, 0.25) is 5.91 Å². The van der Waals surface area contributed by atoms with E-state index in [1.807, 2.05) is 4.90 Å². The molecule has 0 radical (unpaired) electrons. The summed E-state index contributed by atoms with van der Waals surface area (Å²) in [7, 11) is 0. The summed E-state index contributed by atoms with van der Waals surface area (Å²) < 4.78 is 5.52. The third kappa shape index (κ3) is 11.2. The topological polar surface area (TPSA) is 55.6 Å². The Hall–Kier alpha value is -0.680. The summed E-state index contributed by atoms with van der Waals surface area (Å²) in [4.78, 5) is 14.4. The lowest BCUT2D eigenvalue weighted by atomic mass is 10.2. The molecule has 118 valence electrons. The van der Waals surface area contributed by atoms with Crippen molar-refractivity contribution in [2.45, 2.75) is 58.8 Å². The van der Waals surface area contributed by atoms with Crippen LogP contribution in [0, 0.1) is 0 Å². The highest BCUT2D eigenvalue weighted by molar-refractivity contribution is 7.80. The van der Waals surface area contributed by atoms with Gasteiger partial charge in [0.15, 0.2) is 0 Å². The van der Waals surface area contributed by atoms with Gasteiger partial charge < -0.3 is 15.4 Å². The summed E-state index contributed by atoms with van der Waals surface area (Å²) in [5.74, 6) is 0.205. The first-order chi connectivity index (χ1) is 9.61. The first-order valence-corrected chi connectivity index (χ1v) is 8.16. The van der Waals surface area contributed by atoms with Gasteiger partial charge in [-0.3, -0.25) is 4.79 Å². The third-order valence-electron chi connectivity index (χ3n) is 3.08. The van der Waals surface area contributed by atoms with E-state index in [0.29, 0.717) is 31.0 Å². The normalized spacial score (nSPS) is 10.5. The molecule has 0 fully saturated rings. The second-order valence-corrected chi connectivity index (χ2v) is 5.54. The van der Waals surface area contributed by atoms with E-state index in [1.165, 1.54) is 0 Å². The first-order valence-electron chi connectivity index (χ1n) is 7.75. The number of hydrogen-bond donors (Lipinski definition) is 1. The molecule has 2 N–H and O–H groups in total. The molecule has 0 aliphatic carbocycles. The number of carbonyl (C=O) groups excluding carboxylic acids is 1. The van der Waals surface area contributed by atoms with Crippen LogP contribution in [0.2, 0.25) is 0 Å². The summed E-state index contributed by atoms with van der Waals surface area (Å²) in [5, 5.41) is 0. The van der Waals surface area contributed by atoms with Gasteiger partial charge in [-0.15, -0.1) is 0 Å². The van der Waals surface area contributed by atoms with Crippen molar-refractivity contribution in [3.05, 3.63) is 0 Å². The molecule has 0 atom stereocenters. The Morgan fingerprint density at radius 3 is 2.30 bits per heavy atom. The minimum absolute atomic E-state index is 0.205. The predicted octanol–water partition coefficient (Wildman–Crippen LogP) is 2.89. The van der Waals surface area contributed by atoms with Crippen LogP contribution >= 0.6 is 12.2 Å². The van der Waals surface area contributed by atoms with Gasteiger partial charge >= 0.3 is 0 Å². The van der Waals surface area contributed by atoms with Crippen molar-refractivity contribution in [1.29, 1.82) is 0 Å². The Morgan fingerprint density at radius 2 is 1.70 bits per heavy atom. The molecule has 0 aliphatic rings. The molecule has 0 heterocycles. The molecule has 0 rings (SSSR count). The van der Waals surface area contributed by atoms with Crippen LogP contribution in [-0.4, -0.2) is 42.1 Å². The van der Waals surface area contributed by atoms with Crippen LogP contribution < -0.4 is 5.73 Å². The molecule has 0 aliphatic heterocycles. The van der Waals surface area contributed by atoms with Crippen LogP contribution in [0.1, 0.15) is 58.8 Å². The van der Waals surface area contributed by atoms with Gasteiger partial charge in [-0.05, 0) is 19.3 Å². The second kappa shape index (κ2) is 13.3. The number of carbonyl (C=O) groups is 1. The number of unbranched alkanes of at least 4 members (excludes halogenated alkanes) is 2. The Labute approximate surface area is 129 Å². The summed E-state index contributed by atoms with van der Waals surface area (Å²) >= 11 is 4.89. The molecule has 0 unspecified atom stereocenters. The number of amides is 1. The Morgan fingerprint density at radius 1 is 1.05 bits per heavy atom. The number of nitrogens with two attached hydrogens (primary N) is 1. The van der Waals surface area contributed by atoms with E-state index in [0.717, 1.165) is 45.3 Å². The average Bonchev–Trinajstić information content (AvgIpc) is 2.42. The Kier molecular flexibility index (Phi) is 12.9. The number of hydrogen-bond acceptors (Lipinski definition) is 3. The van der Waals surface area contributed by atoms with Crippen LogP contribution in [0.15, 0.2) is 0 Å². The van der Waals surface area contributed by atoms with Gasteiger partial charge in [0, 0.05) is 39.1 Å². The number of thiocarbonyl (C=S) groups is 1. The fraction of sp³-hybridized carbons (Fsp3) is 0.867. The largest absolute Gasteiger partial charge is 0.393 e. The van der Waals surface area contributed by atoms with Crippen LogP contribution in [0.4, 0.5) is 0 Å². The van der Waals surface area contributed by atoms with Crippen molar-refractivity contribution in [1.82, 2.24) is 4.90 Å². The lowest BCUT2D eigenvalue weighted by molar-refractivity contribution is -0.131. The minimum Gasteiger partial charge on any atom is -0.393 e. The third-order valence-corrected chi connectivity index (χ3v) is 3.29. The monoisotopic (exact) mass is 302 g/mol. The van der Waals surface area contributed by atoms with E-state index < -0.39 is 0 Å². The van der Waals surface area contributed by atoms with Gasteiger partial charge in [-0.1, -0.05) is 38.9 Å². The van der Waals surface area contributed by atoms with E-state index in [-0.39, 0.29) is 5.91 Å². The zero-order chi connectivity index (χ0) is 15.2. The molecule has 0 aromatic rings. The van der Waals surface area contributed by atoms with Gasteiger partial charge in [-0.25, -0.2) is 0 Å². The van der Waals surface area contributed by atoms with Gasteiger partial charge in [-0.2, -0.15) is 0 Å². The maximum absolute atomic E-state index is 12.1. The van der Waals surface area contributed by atoms with Crippen molar-refractivity contribution >= 4 is 23.1 Å². The van der Waals surface area contributed by atoms with E-state index in [4.69, 9.17) is 22.7 Å². The Bertz CT molecular complexity index is 273. The molecule has 0 aromatic heterocycles. The fourth-order valence-electron chi connectivity index (χ4n) is 1.80. The number of rotatable bonds is 13. The molecule has 5 heteroatoms. The van der Waals surface area contributed by atoms with Gasteiger partial charge in [0.1, 0.15) is 0 Å². The quantitative estimate of drug-likeness (QED) is 0.420. The fourth-order valence-corrected chi connectivity index (χ4v) is 1.89. The van der Waals surface area contributed by atoms with E-state index in [2.05, 4.69) is 13.8 Å². The highest BCUT2D eigenvalue weighted by atomic mass is 32.1. The highest BCUT2D eigenvalue weighted by Gasteiger charge is 2.12. The minimum atomic E-state index is 0.205. The molecule has 0 aromatic carbocycles. The van der Waals surface area contributed by atoms with Gasteiger partial charge in [0.25, 0.3) is 0 Å². The smallest absolute Gasteiger partial charge is 0.222 e. The Balaban J connectivity index is 3.97.